The molecule has 6 heteroatoms. The zero-order valence-electron chi connectivity index (χ0n) is 8.20. The standard InChI is InChI=1S/C9H12N6/c10-6-5-7(13-4-12-6)15-8(14-5)9(11)2-1-3-9/h4H,1-3,11H2,(H3,10,12,13,14,15). The fourth-order valence-corrected chi connectivity index (χ4v) is 1.88. The molecular formula is C9H12N6. The van der Waals surface area contributed by atoms with Gasteiger partial charge in [-0.05, 0) is 19.3 Å². The first-order chi connectivity index (χ1) is 7.19. The van der Waals surface area contributed by atoms with E-state index in [1.807, 2.05) is 0 Å². The number of rotatable bonds is 1. The number of hydrogen-bond donors (Lipinski definition) is 3. The van der Waals surface area contributed by atoms with Crippen LogP contribution in [0.1, 0.15) is 25.1 Å². The molecule has 1 aliphatic rings. The molecule has 5 N–H and O–H groups in total. The minimum atomic E-state index is -0.312. The molecule has 0 radical (unpaired) electrons. The molecule has 2 aromatic rings. The summed E-state index contributed by atoms with van der Waals surface area (Å²) in [5.41, 5.74) is 12.8. The lowest BCUT2D eigenvalue weighted by molar-refractivity contribution is 0.240. The number of nitrogen functional groups attached to an aromatic ring is 1. The molecule has 0 bridgehead atoms. The zero-order chi connectivity index (χ0) is 10.5. The number of aromatic nitrogens is 4. The Balaban J connectivity index is 2.18. The van der Waals surface area contributed by atoms with E-state index in [2.05, 4.69) is 19.9 Å². The molecule has 78 valence electrons. The number of aromatic amines is 1. The average molecular weight is 204 g/mol. The van der Waals surface area contributed by atoms with Crippen molar-refractivity contribution in [3.8, 4) is 0 Å². The molecule has 15 heavy (non-hydrogen) atoms. The van der Waals surface area contributed by atoms with Gasteiger partial charge in [-0.1, -0.05) is 0 Å². The van der Waals surface area contributed by atoms with Gasteiger partial charge in [0.1, 0.15) is 17.7 Å². The number of imidazole rings is 1. The van der Waals surface area contributed by atoms with Crippen LogP contribution in [0.2, 0.25) is 0 Å². The number of H-pyrrole nitrogens is 1. The monoisotopic (exact) mass is 204 g/mol. The smallest absolute Gasteiger partial charge is 0.183 e. The van der Waals surface area contributed by atoms with Crippen molar-refractivity contribution in [2.45, 2.75) is 24.8 Å². The Labute approximate surface area is 86.1 Å². The molecule has 0 atom stereocenters. The van der Waals surface area contributed by atoms with Crippen LogP contribution < -0.4 is 11.5 Å². The van der Waals surface area contributed by atoms with Crippen LogP contribution >= 0.6 is 0 Å². The van der Waals surface area contributed by atoms with Gasteiger partial charge in [-0.25, -0.2) is 15.0 Å². The summed E-state index contributed by atoms with van der Waals surface area (Å²) in [6.07, 6.45) is 4.47. The summed E-state index contributed by atoms with van der Waals surface area (Å²) in [5.74, 6) is 1.19. The molecule has 2 aromatic heterocycles. The first-order valence-electron chi connectivity index (χ1n) is 4.95. The van der Waals surface area contributed by atoms with Crippen LogP contribution in [0.4, 0.5) is 5.82 Å². The van der Waals surface area contributed by atoms with E-state index in [0.29, 0.717) is 17.0 Å². The van der Waals surface area contributed by atoms with Crippen LogP contribution in [0.25, 0.3) is 11.2 Å². The lowest BCUT2D eigenvalue weighted by atomic mass is 9.77. The summed E-state index contributed by atoms with van der Waals surface area (Å²) in [6.45, 7) is 0. The predicted octanol–water partition coefficient (Wildman–Crippen LogP) is 0.273. The number of nitrogens with zero attached hydrogens (tertiary/aromatic N) is 3. The van der Waals surface area contributed by atoms with Crippen LogP contribution in [0.5, 0.6) is 0 Å². The van der Waals surface area contributed by atoms with Crippen LogP contribution in [-0.2, 0) is 5.54 Å². The van der Waals surface area contributed by atoms with Gasteiger partial charge in [0, 0.05) is 0 Å². The zero-order valence-corrected chi connectivity index (χ0v) is 8.20. The van der Waals surface area contributed by atoms with Gasteiger partial charge in [-0.3, -0.25) is 0 Å². The minimum Gasteiger partial charge on any atom is -0.382 e. The molecule has 0 aromatic carbocycles. The van der Waals surface area contributed by atoms with E-state index in [0.717, 1.165) is 25.1 Å². The van der Waals surface area contributed by atoms with Crippen molar-refractivity contribution in [1.29, 1.82) is 0 Å². The minimum absolute atomic E-state index is 0.312. The Morgan fingerprint density at radius 1 is 1.33 bits per heavy atom. The number of nitrogens with one attached hydrogen (secondary N) is 1. The average Bonchev–Trinajstić information content (AvgIpc) is 2.59. The maximum absolute atomic E-state index is 6.16. The molecule has 3 rings (SSSR count). The van der Waals surface area contributed by atoms with Crippen LogP contribution in [0.3, 0.4) is 0 Å². The summed E-state index contributed by atoms with van der Waals surface area (Å²) in [7, 11) is 0. The fourth-order valence-electron chi connectivity index (χ4n) is 1.88. The molecule has 1 fully saturated rings. The summed E-state index contributed by atoms with van der Waals surface area (Å²) in [6, 6.07) is 0. The van der Waals surface area contributed by atoms with E-state index < -0.39 is 0 Å². The number of fused-ring (bicyclic) bond motifs is 1. The lowest BCUT2D eigenvalue weighted by Gasteiger charge is -2.35. The van der Waals surface area contributed by atoms with Crippen molar-refractivity contribution >= 4 is 17.0 Å². The summed E-state index contributed by atoms with van der Waals surface area (Å²) in [4.78, 5) is 15.4. The third-order valence-corrected chi connectivity index (χ3v) is 3.04. The Kier molecular flexibility index (Phi) is 1.53. The van der Waals surface area contributed by atoms with Crippen molar-refractivity contribution in [1.82, 2.24) is 19.9 Å². The third kappa shape index (κ3) is 1.11. The topological polar surface area (TPSA) is 106 Å². The molecule has 0 aliphatic heterocycles. The second kappa shape index (κ2) is 2.66. The van der Waals surface area contributed by atoms with E-state index in [1.54, 1.807) is 0 Å². The largest absolute Gasteiger partial charge is 0.382 e. The lowest BCUT2D eigenvalue weighted by Crippen LogP contribution is -2.44. The van der Waals surface area contributed by atoms with E-state index >= 15 is 0 Å². The van der Waals surface area contributed by atoms with Gasteiger partial charge >= 0.3 is 0 Å². The fraction of sp³-hybridized carbons (Fsp3) is 0.444. The van der Waals surface area contributed by atoms with Crippen molar-refractivity contribution < 1.29 is 0 Å². The van der Waals surface area contributed by atoms with Crippen molar-refractivity contribution in [2.24, 2.45) is 5.73 Å². The predicted molar refractivity (Wildman–Crippen MR) is 55.8 cm³/mol. The van der Waals surface area contributed by atoms with Crippen LogP contribution in [0, 0.1) is 0 Å². The van der Waals surface area contributed by atoms with E-state index in [4.69, 9.17) is 11.5 Å². The second-order valence-corrected chi connectivity index (χ2v) is 4.05. The molecule has 6 nitrogen and oxygen atoms in total. The highest BCUT2D eigenvalue weighted by molar-refractivity contribution is 5.81. The van der Waals surface area contributed by atoms with Gasteiger partial charge in [0.2, 0.25) is 0 Å². The maximum atomic E-state index is 6.16. The summed E-state index contributed by atoms with van der Waals surface area (Å²) >= 11 is 0. The van der Waals surface area contributed by atoms with Crippen molar-refractivity contribution in [2.75, 3.05) is 5.73 Å². The Hall–Kier alpha value is -1.69. The quantitative estimate of drug-likeness (QED) is 0.618. The van der Waals surface area contributed by atoms with E-state index in [1.165, 1.54) is 6.33 Å². The highest BCUT2D eigenvalue weighted by atomic mass is 15.1. The van der Waals surface area contributed by atoms with Gasteiger partial charge in [0.05, 0.1) is 5.54 Å². The van der Waals surface area contributed by atoms with Crippen molar-refractivity contribution in [3.63, 3.8) is 0 Å². The number of hydrogen-bond acceptors (Lipinski definition) is 5. The number of nitrogens with two attached hydrogens (primary N) is 2. The molecular weight excluding hydrogens is 192 g/mol. The SMILES string of the molecule is Nc1ncnc2nc(C3(N)CCC3)[nH]c12. The number of anilines is 1. The summed E-state index contributed by atoms with van der Waals surface area (Å²) < 4.78 is 0. The van der Waals surface area contributed by atoms with Gasteiger partial charge in [0.15, 0.2) is 11.5 Å². The third-order valence-electron chi connectivity index (χ3n) is 3.04. The van der Waals surface area contributed by atoms with Crippen LogP contribution in [-0.4, -0.2) is 19.9 Å². The Bertz CT molecular complexity index is 512. The first kappa shape index (κ1) is 8.60. The van der Waals surface area contributed by atoms with Crippen molar-refractivity contribution in [3.05, 3.63) is 12.2 Å². The Morgan fingerprint density at radius 3 is 2.73 bits per heavy atom. The van der Waals surface area contributed by atoms with E-state index in [-0.39, 0.29) is 5.54 Å². The van der Waals surface area contributed by atoms with Gasteiger partial charge in [-0.2, -0.15) is 0 Å². The first-order valence-corrected chi connectivity index (χ1v) is 4.95. The molecule has 0 saturated heterocycles. The maximum Gasteiger partial charge on any atom is 0.183 e. The van der Waals surface area contributed by atoms with Crippen LogP contribution in [0.15, 0.2) is 6.33 Å². The molecule has 1 aliphatic carbocycles. The highest BCUT2D eigenvalue weighted by Gasteiger charge is 2.37. The summed E-state index contributed by atoms with van der Waals surface area (Å²) in [5, 5.41) is 0. The molecule has 1 saturated carbocycles. The van der Waals surface area contributed by atoms with Gasteiger partial charge in [0.25, 0.3) is 0 Å². The molecule has 0 unspecified atom stereocenters. The Morgan fingerprint density at radius 2 is 2.13 bits per heavy atom. The normalized spacial score (nSPS) is 19.0. The second-order valence-electron chi connectivity index (χ2n) is 4.05. The molecule has 0 spiro atoms. The molecule has 2 heterocycles. The van der Waals surface area contributed by atoms with Gasteiger partial charge < -0.3 is 16.5 Å². The highest BCUT2D eigenvalue weighted by Crippen LogP contribution is 2.37. The van der Waals surface area contributed by atoms with E-state index in [9.17, 15) is 0 Å². The van der Waals surface area contributed by atoms with Gasteiger partial charge in [-0.15, -0.1) is 0 Å². The molecule has 0 amide bonds.